The van der Waals surface area contributed by atoms with Crippen LogP contribution in [0.1, 0.15) is 20.8 Å². The molecule has 0 spiro atoms. The first kappa shape index (κ1) is 11.7. The molecule has 3 atom stereocenters. The third-order valence-corrected chi connectivity index (χ3v) is 3.09. The van der Waals surface area contributed by atoms with Crippen LogP contribution in [-0.2, 0) is 4.74 Å². The molecule has 2 bridgehead atoms. The van der Waals surface area contributed by atoms with E-state index in [-0.39, 0.29) is 18.2 Å². The fraction of sp³-hybridized carbons (Fsp3) is 0.909. The summed E-state index contributed by atoms with van der Waals surface area (Å²) in [6, 6.07) is 0.193. The summed E-state index contributed by atoms with van der Waals surface area (Å²) in [5, 5.41) is 0. The van der Waals surface area contributed by atoms with Crippen molar-refractivity contribution in [2.45, 2.75) is 38.5 Å². The van der Waals surface area contributed by atoms with E-state index in [0.29, 0.717) is 0 Å². The third kappa shape index (κ3) is 2.30. The zero-order valence-electron chi connectivity index (χ0n) is 10.3. The first-order valence-electron chi connectivity index (χ1n) is 5.84. The molecule has 1 unspecified atom stereocenters. The van der Waals surface area contributed by atoms with Gasteiger partial charge in [-0.05, 0) is 20.8 Å². The van der Waals surface area contributed by atoms with Gasteiger partial charge in [0.15, 0.2) is 0 Å². The number of nitrogens with two attached hydrogens (primary N) is 1. The molecule has 5 nitrogen and oxygen atoms in total. The minimum absolute atomic E-state index is 0.0648. The summed E-state index contributed by atoms with van der Waals surface area (Å²) in [4.78, 5) is 16.1. The second-order valence-corrected chi connectivity index (χ2v) is 5.66. The van der Waals surface area contributed by atoms with Crippen LogP contribution in [0.5, 0.6) is 0 Å². The van der Waals surface area contributed by atoms with E-state index in [1.807, 2.05) is 20.8 Å². The van der Waals surface area contributed by atoms with Crippen LogP contribution in [0.15, 0.2) is 0 Å². The number of nitrogens with zero attached hydrogens (tertiary/aromatic N) is 2. The van der Waals surface area contributed by atoms with Gasteiger partial charge in [-0.15, -0.1) is 0 Å². The highest BCUT2D eigenvalue weighted by molar-refractivity contribution is 5.69. The molecule has 1 amide bonds. The topological polar surface area (TPSA) is 58.8 Å². The molecule has 2 fully saturated rings. The number of carbonyl (C=O) groups is 1. The van der Waals surface area contributed by atoms with E-state index in [1.165, 1.54) is 0 Å². The second kappa shape index (κ2) is 3.89. The summed E-state index contributed by atoms with van der Waals surface area (Å²) in [6.07, 6.45) is -0.227. The van der Waals surface area contributed by atoms with Gasteiger partial charge in [0.05, 0.1) is 6.04 Å². The van der Waals surface area contributed by atoms with Crippen LogP contribution in [0.3, 0.4) is 0 Å². The van der Waals surface area contributed by atoms with E-state index in [2.05, 4.69) is 4.90 Å². The molecule has 2 heterocycles. The van der Waals surface area contributed by atoms with Crippen LogP contribution in [0, 0.1) is 0 Å². The van der Waals surface area contributed by atoms with E-state index >= 15 is 0 Å². The van der Waals surface area contributed by atoms with Crippen molar-refractivity contribution < 1.29 is 9.53 Å². The van der Waals surface area contributed by atoms with Crippen LogP contribution < -0.4 is 5.73 Å². The zero-order chi connectivity index (χ0) is 11.9. The SMILES string of the molecule is CC(C)(C)OC(=O)N1CCN2C[C@@H]1[C@@H](N)C2. The number of ether oxygens (including phenoxy) is 1. The fourth-order valence-corrected chi connectivity index (χ4v) is 2.37. The summed E-state index contributed by atoms with van der Waals surface area (Å²) >= 11 is 0. The predicted octanol–water partition coefficient (Wildman–Crippen LogP) is 0.249. The molecule has 2 N–H and O–H groups in total. The molecule has 0 saturated carbocycles. The van der Waals surface area contributed by atoms with Gasteiger partial charge >= 0.3 is 6.09 Å². The Balaban J connectivity index is 2.01. The first-order valence-corrected chi connectivity index (χ1v) is 5.84. The van der Waals surface area contributed by atoms with E-state index in [1.54, 1.807) is 4.90 Å². The van der Waals surface area contributed by atoms with E-state index in [9.17, 15) is 4.79 Å². The lowest BCUT2D eigenvalue weighted by Gasteiger charge is -2.36. The average molecular weight is 227 g/mol. The molecule has 2 rings (SSSR count). The number of carbonyl (C=O) groups excluding carboxylic acids is 1. The Kier molecular flexibility index (Phi) is 2.84. The predicted molar refractivity (Wildman–Crippen MR) is 61.1 cm³/mol. The molecular weight excluding hydrogens is 206 g/mol. The monoisotopic (exact) mass is 227 g/mol. The van der Waals surface area contributed by atoms with Crippen molar-refractivity contribution in [3.05, 3.63) is 0 Å². The highest BCUT2D eigenvalue weighted by atomic mass is 16.6. The van der Waals surface area contributed by atoms with Gasteiger partial charge in [-0.2, -0.15) is 0 Å². The molecule has 2 aliphatic rings. The summed E-state index contributed by atoms with van der Waals surface area (Å²) < 4.78 is 5.39. The first-order chi connectivity index (χ1) is 7.37. The largest absolute Gasteiger partial charge is 0.444 e. The zero-order valence-corrected chi connectivity index (χ0v) is 10.3. The maximum Gasteiger partial charge on any atom is 0.410 e. The minimum atomic E-state index is -0.434. The highest BCUT2D eigenvalue weighted by Gasteiger charge is 2.41. The van der Waals surface area contributed by atoms with Crippen molar-refractivity contribution in [2.24, 2.45) is 5.73 Å². The third-order valence-electron chi connectivity index (χ3n) is 3.09. The van der Waals surface area contributed by atoms with Gasteiger partial charge in [-0.3, -0.25) is 4.90 Å². The minimum Gasteiger partial charge on any atom is -0.444 e. The maximum atomic E-state index is 12.0. The van der Waals surface area contributed by atoms with Crippen LogP contribution in [0.4, 0.5) is 4.79 Å². The number of fused-ring (bicyclic) bond motifs is 2. The summed E-state index contributed by atoms with van der Waals surface area (Å²) in [5.74, 6) is 0. The van der Waals surface area contributed by atoms with Gasteiger partial charge in [0.25, 0.3) is 0 Å². The Hall–Kier alpha value is -0.810. The van der Waals surface area contributed by atoms with Gasteiger partial charge < -0.3 is 15.4 Å². The van der Waals surface area contributed by atoms with Crippen molar-refractivity contribution in [2.75, 3.05) is 26.2 Å². The Morgan fingerprint density at radius 1 is 1.31 bits per heavy atom. The van der Waals surface area contributed by atoms with Crippen molar-refractivity contribution in [1.82, 2.24) is 9.80 Å². The molecule has 5 heteroatoms. The highest BCUT2D eigenvalue weighted by Crippen LogP contribution is 2.22. The molecular formula is C11H21N3O2. The van der Waals surface area contributed by atoms with Gasteiger partial charge in [-0.25, -0.2) is 4.79 Å². The summed E-state index contributed by atoms with van der Waals surface area (Å²) in [5.41, 5.74) is 5.59. The molecule has 0 aliphatic carbocycles. The van der Waals surface area contributed by atoms with Gasteiger partial charge in [-0.1, -0.05) is 0 Å². The van der Waals surface area contributed by atoms with E-state index in [0.717, 1.165) is 26.2 Å². The number of hydrogen-bond acceptors (Lipinski definition) is 4. The standard InChI is InChI=1S/C11H21N3O2/c1-11(2,3)16-10(15)14-5-4-13-6-8(12)9(14)7-13/h8-9H,4-7,12H2,1-3H3/t8-,9+/m0/s1. The Morgan fingerprint density at radius 2 is 2.00 bits per heavy atom. The summed E-state index contributed by atoms with van der Waals surface area (Å²) in [6.45, 7) is 9.07. The maximum absolute atomic E-state index is 12.0. The van der Waals surface area contributed by atoms with Crippen LogP contribution in [0.25, 0.3) is 0 Å². The number of piperazine rings is 1. The Labute approximate surface area is 96.5 Å². The molecule has 0 aromatic rings. The molecule has 16 heavy (non-hydrogen) atoms. The van der Waals surface area contributed by atoms with E-state index in [4.69, 9.17) is 10.5 Å². The number of amides is 1. The summed E-state index contributed by atoms with van der Waals surface area (Å²) in [7, 11) is 0. The quantitative estimate of drug-likeness (QED) is 0.644. The van der Waals surface area contributed by atoms with Gasteiger partial charge in [0.1, 0.15) is 5.60 Å². The molecule has 92 valence electrons. The molecule has 0 aromatic heterocycles. The normalized spacial score (nSPS) is 34.0. The smallest absolute Gasteiger partial charge is 0.410 e. The lowest BCUT2D eigenvalue weighted by atomic mass is 10.1. The van der Waals surface area contributed by atoms with Crippen LogP contribution in [-0.4, -0.2) is 59.8 Å². The Morgan fingerprint density at radius 3 is 2.62 bits per heavy atom. The molecule has 2 aliphatic heterocycles. The Bertz CT molecular complexity index is 287. The molecule has 2 saturated heterocycles. The van der Waals surface area contributed by atoms with Crippen molar-refractivity contribution >= 4 is 6.09 Å². The second-order valence-electron chi connectivity index (χ2n) is 5.66. The lowest BCUT2D eigenvalue weighted by Crippen LogP contribution is -2.54. The number of rotatable bonds is 0. The van der Waals surface area contributed by atoms with E-state index < -0.39 is 5.60 Å². The molecule has 0 aromatic carbocycles. The van der Waals surface area contributed by atoms with Crippen LogP contribution >= 0.6 is 0 Å². The fourth-order valence-electron chi connectivity index (χ4n) is 2.37. The van der Waals surface area contributed by atoms with Gasteiger partial charge in [0, 0.05) is 32.2 Å². The average Bonchev–Trinajstić information content (AvgIpc) is 2.40. The van der Waals surface area contributed by atoms with Crippen LogP contribution in [0.2, 0.25) is 0 Å². The number of hydrogen-bond donors (Lipinski definition) is 1. The van der Waals surface area contributed by atoms with Crippen molar-refractivity contribution in [3.63, 3.8) is 0 Å². The van der Waals surface area contributed by atoms with Crippen molar-refractivity contribution in [3.8, 4) is 0 Å². The lowest BCUT2D eigenvalue weighted by molar-refractivity contribution is 0.00931. The van der Waals surface area contributed by atoms with Crippen molar-refractivity contribution in [1.29, 1.82) is 0 Å². The van der Waals surface area contributed by atoms with Gasteiger partial charge in [0.2, 0.25) is 0 Å². The molecule has 0 radical (unpaired) electrons.